The van der Waals surface area contributed by atoms with E-state index in [1.165, 1.54) is 5.52 Å². The number of hydrogen-bond donors (Lipinski definition) is 1. The molecule has 0 unspecified atom stereocenters. The second kappa shape index (κ2) is 7.29. The molecule has 0 fully saturated rings. The highest BCUT2D eigenvalue weighted by atomic mass is 15.2. The van der Waals surface area contributed by atoms with Gasteiger partial charge in [-0.3, -0.25) is 0 Å². The predicted octanol–water partition coefficient (Wildman–Crippen LogP) is 3.20. The van der Waals surface area contributed by atoms with Gasteiger partial charge in [0.05, 0.1) is 11.0 Å². The van der Waals surface area contributed by atoms with E-state index < -0.39 is 0 Å². The van der Waals surface area contributed by atoms with Crippen molar-refractivity contribution in [2.45, 2.75) is 33.7 Å². The van der Waals surface area contributed by atoms with Crippen molar-refractivity contribution in [3.05, 3.63) is 24.3 Å². The molecule has 0 aliphatic carbocycles. The molecule has 20 heavy (non-hydrogen) atoms. The van der Waals surface area contributed by atoms with E-state index in [-0.39, 0.29) is 0 Å². The van der Waals surface area contributed by atoms with E-state index in [1.807, 2.05) is 6.07 Å². The smallest absolute Gasteiger partial charge is 0.203 e. The van der Waals surface area contributed by atoms with Gasteiger partial charge < -0.3 is 14.8 Å². The van der Waals surface area contributed by atoms with Gasteiger partial charge in [0.15, 0.2) is 0 Å². The minimum Gasteiger partial charge on any atom is -0.356 e. The molecule has 0 aliphatic rings. The van der Waals surface area contributed by atoms with E-state index in [9.17, 15) is 0 Å². The number of aryl methyl sites for hydroxylation is 1. The molecule has 0 bridgehead atoms. The van der Waals surface area contributed by atoms with Crippen molar-refractivity contribution in [1.29, 1.82) is 0 Å². The lowest BCUT2D eigenvalue weighted by Crippen LogP contribution is -2.25. The summed E-state index contributed by atoms with van der Waals surface area (Å²) in [6.07, 6.45) is 1.15. The molecule has 110 valence electrons. The van der Waals surface area contributed by atoms with Crippen LogP contribution in [-0.2, 0) is 6.54 Å². The summed E-state index contributed by atoms with van der Waals surface area (Å²) < 4.78 is 2.24. The Bertz CT molecular complexity index is 528. The zero-order chi connectivity index (χ0) is 14.4. The zero-order valence-electron chi connectivity index (χ0n) is 12.9. The van der Waals surface area contributed by atoms with Crippen LogP contribution in [0.3, 0.4) is 0 Å². The number of benzene rings is 1. The summed E-state index contributed by atoms with van der Waals surface area (Å²) in [5.74, 6) is 0.994. The summed E-state index contributed by atoms with van der Waals surface area (Å²) in [5.41, 5.74) is 2.28. The van der Waals surface area contributed by atoms with Gasteiger partial charge in [0.25, 0.3) is 0 Å². The zero-order valence-corrected chi connectivity index (χ0v) is 12.9. The number of nitrogens with one attached hydrogen (secondary N) is 1. The van der Waals surface area contributed by atoms with Crippen LogP contribution in [0, 0.1) is 0 Å². The van der Waals surface area contributed by atoms with Gasteiger partial charge in [-0.25, -0.2) is 4.98 Å². The second-order valence-electron chi connectivity index (χ2n) is 4.98. The first-order valence-electron chi connectivity index (χ1n) is 7.71. The lowest BCUT2D eigenvalue weighted by atomic mass is 10.3. The molecular weight excluding hydrogens is 248 g/mol. The number of para-hydroxylation sites is 2. The molecule has 1 heterocycles. The predicted molar refractivity (Wildman–Crippen MR) is 86.3 cm³/mol. The molecule has 0 radical (unpaired) electrons. The van der Waals surface area contributed by atoms with Crippen LogP contribution in [-0.4, -0.2) is 40.6 Å². The maximum absolute atomic E-state index is 4.68. The topological polar surface area (TPSA) is 33.1 Å². The maximum Gasteiger partial charge on any atom is 0.203 e. The van der Waals surface area contributed by atoms with Crippen molar-refractivity contribution in [2.24, 2.45) is 0 Å². The molecule has 1 aromatic heterocycles. The van der Waals surface area contributed by atoms with Crippen LogP contribution in [0.2, 0.25) is 0 Å². The molecule has 4 heteroatoms. The van der Waals surface area contributed by atoms with E-state index in [1.54, 1.807) is 0 Å². The Kier molecular flexibility index (Phi) is 5.41. The highest BCUT2D eigenvalue weighted by molar-refractivity contribution is 5.78. The Hall–Kier alpha value is -1.55. The quantitative estimate of drug-likeness (QED) is 0.750. The summed E-state index contributed by atoms with van der Waals surface area (Å²) in [6.45, 7) is 11.9. The number of aromatic nitrogens is 2. The third-order valence-electron chi connectivity index (χ3n) is 3.80. The van der Waals surface area contributed by atoms with Crippen LogP contribution in [0.4, 0.5) is 5.95 Å². The normalized spacial score (nSPS) is 11.4. The van der Waals surface area contributed by atoms with Gasteiger partial charge in [0.1, 0.15) is 0 Å². The number of imidazole rings is 1. The first-order valence-corrected chi connectivity index (χ1v) is 7.71. The van der Waals surface area contributed by atoms with Crippen molar-refractivity contribution >= 4 is 17.0 Å². The molecule has 0 saturated carbocycles. The van der Waals surface area contributed by atoms with E-state index in [2.05, 4.69) is 58.7 Å². The number of anilines is 1. The number of hydrogen-bond acceptors (Lipinski definition) is 3. The fourth-order valence-corrected chi connectivity index (χ4v) is 2.57. The minimum atomic E-state index is 0.943. The van der Waals surface area contributed by atoms with Gasteiger partial charge in [-0.2, -0.15) is 0 Å². The maximum atomic E-state index is 4.68. The van der Waals surface area contributed by atoms with Gasteiger partial charge >= 0.3 is 0 Å². The third-order valence-corrected chi connectivity index (χ3v) is 3.80. The monoisotopic (exact) mass is 274 g/mol. The first kappa shape index (κ1) is 14.9. The molecule has 4 nitrogen and oxygen atoms in total. The summed E-state index contributed by atoms with van der Waals surface area (Å²) in [4.78, 5) is 7.13. The average Bonchev–Trinajstić information content (AvgIpc) is 2.84. The van der Waals surface area contributed by atoms with Crippen molar-refractivity contribution < 1.29 is 0 Å². The Morgan fingerprint density at radius 3 is 2.60 bits per heavy atom. The standard InChI is InChI=1S/C16H26N4/c1-4-19(5-2)13-9-12-17-16-18-14-10-7-8-11-15(14)20(16)6-3/h7-8,10-11H,4-6,9,12-13H2,1-3H3,(H,17,18). The van der Waals surface area contributed by atoms with Crippen molar-refractivity contribution in [3.8, 4) is 0 Å². The summed E-state index contributed by atoms with van der Waals surface area (Å²) in [5, 5.41) is 3.48. The van der Waals surface area contributed by atoms with Crippen LogP contribution in [0.5, 0.6) is 0 Å². The second-order valence-corrected chi connectivity index (χ2v) is 4.98. The van der Waals surface area contributed by atoms with Gasteiger partial charge in [-0.05, 0) is 45.1 Å². The largest absolute Gasteiger partial charge is 0.356 e. The van der Waals surface area contributed by atoms with Crippen molar-refractivity contribution in [3.63, 3.8) is 0 Å². The van der Waals surface area contributed by atoms with Crippen LogP contribution < -0.4 is 5.32 Å². The fourth-order valence-electron chi connectivity index (χ4n) is 2.57. The van der Waals surface area contributed by atoms with Crippen LogP contribution >= 0.6 is 0 Å². The van der Waals surface area contributed by atoms with Crippen LogP contribution in [0.15, 0.2) is 24.3 Å². The highest BCUT2D eigenvalue weighted by Gasteiger charge is 2.08. The lowest BCUT2D eigenvalue weighted by molar-refractivity contribution is 0.303. The Labute approximate surface area is 121 Å². The Morgan fingerprint density at radius 1 is 1.15 bits per heavy atom. The van der Waals surface area contributed by atoms with E-state index in [4.69, 9.17) is 0 Å². The fraction of sp³-hybridized carbons (Fsp3) is 0.562. The summed E-state index contributed by atoms with van der Waals surface area (Å²) in [6, 6.07) is 8.31. The molecule has 1 aromatic carbocycles. The number of fused-ring (bicyclic) bond motifs is 1. The molecule has 0 spiro atoms. The van der Waals surface area contributed by atoms with Gasteiger partial charge in [-0.15, -0.1) is 0 Å². The molecule has 0 amide bonds. The lowest BCUT2D eigenvalue weighted by Gasteiger charge is -2.17. The Balaban J connectivity index is 1.96. The molecule has 2 aromatic rings. The third kappa shape index (κ3) is 3.31. The Morgan fingerprint density at radius 2 is 1.90 bits per heavy atom. The SMILES string of the molecule is CCN(CC)CCCNc1nc2ccccc2n1CC. The number of rotatable bonds is 8. The van der Waals surface area contributed by atoms with Gasteiger partial charge in [0, 0.05) is 13.1 Å². The summed E-state index contributed by atoms with van der Waals surface area (Å²) in [7, 11) is 0. The molecule has 1 N–H and O–H groups in total. The van der Waals surface area contributed by atoms with Crippen LogP contribution in [0.25, 0.3) is 11.0 Å². The van der Waals surface area contributed by atoms with E-state index in [0.29, 0.717) is 0 Å². The molecular formula is C16H26N4. The summed E-state index contributed by atoms with van der Waals surface area (Å²) >= 11 is 0. The van der Waals surface area contributed by atoms with Crippen molar-refractivity contribution in [1.82, 2.24) is 14.5 Å². The molecule has 2 rings (SSSR count). The highest BCUT2D eigenvalue weighted by Crippen LogP contribution is 2.19. The molecule has 0 saturated heterocycles. The number of nitrogens with zero attached hydrogens (tertiary/aromatic N) is 3. The molecule has 0 atom stereocenters. The average molecular weight is 274 g/mol. The molecule has 0 aliphatic heterocycles. The van der Waals surface area contributed by atoms with Crippen molar-refractivity contribution in [2.75, 3.05) is 31.5 Å². The van der Waals surface area contributed by atoms with Crippen LogP contribution in [0.1, 0.15) is 27.2 Å². The van der Waals surface area contributed by atoms with E-state index in [0.717, 1.165) is 50.6 Å². The van der Waals surface area contributed by atoms with Gasteiger partial charge in [0.2, 0.25) is 5.95 Å². The van der Waals surface area contributed by atoms with Gasteiger partial charge in [-0.1, -0.05) is 26.0 Å². The minimum absolute atomic E-state index is 0.943. The van der Waals surface area contributed by atoms with E-state index >= 15 is 0 Å². The first-order chi connectivity index (χ1) is 9.80.